The fourth-order valence-corrected chi connectivity index (χ4v) is 1.58. The molecule has 0 saturated carbocycles. The number of carbonyl (C=O) groups is 1. The first-order valence-electron chi connectivity index (χ1n) is 4.72. The summed E-state index contributed by atoms with van der Waals surface area (Å²) in [6.45, 7) is -0.573. The van der Waals surface area contributed by atoms with Crippen LogP contribution in [-0.4, -0.2) is 16.6 Å². The Labute approximate surface area is 112 Å². The number of hydrogen-bond acceptors (Lipinski definition) is 4. The first kappa shape index (κ1) is 16.5. The summed E-state index contributed by atoms with van der Waals surface area (Å²) in [7, 11) is 0. The number of aromatic nitrogens is 1. The molecule has 4 nitrogen and oxygen atoms in total. The molecule has 20 heavy (non-hydrogen) atoms. The molecule has 0 aliphatic rings. The molecule has 0 aliphatic heterocycles. The second kappa shape index (κ2) is 5.44. The van der Waals surface area contributed by atoms with Crippen molar-refractivity contribution in [1.82, 2.24) is 4.98 Å². The molecule has 11 heteroatoms. The molecule has 0 unspecified atom stereocenters. The van der Waals surface area contributed by atoms with Crippen LogP contribution in [0.2, 0.25) is 0 Å². The van der Waals surface area contributed by atoms with Crippen LogP contribution in [0.25, 0.3) is 0 Å². The van der Waals surface area contributed by atoms with Crippen molar-refractivity contribution in [3.63, 3.8) is 0 Å². The normalized spacial score (nSPS) is 12.4. The third-order valence-electron chi connectivity index (χ3n) is 2.03. The van der Waals surface area contributed by atoms with Crippen LogP contribution in [0.3, 0.4) is 0 Å². The molecule has 0 bridgehead atoms. The summed E-state index contributed by atoms with van der Waals surface area (Å²) in [5.74, 6) is -1.81. The van der Waals surface area contributed by atoms with Crippen molar-refractivity contribution in [2.45, 2.75) is 19.1 Å². The number of ether oxygens (including phenoxy) is 1. The van der Waals surface area contributed by atoms with Crippen molar-refractivity contribution >= 4 is 16.8 Å². The van der Waals surface area contributed by atoms with Crippen LogP contribution in [0, 0.1) is 0 Å². The van der Waals surface area contributed by atoms with Gasteiger partial charge in [0.2, 0.25) is 5.88 Å². The summed E-state index contributed by atoms with van der Waals surface area (Å²) in [5.41, 5.74) is 1.42. The smallest absolute Gasteiger partial charge is 0.387 e. The highest BCUT2D eigenvalue weighted by atomic mass is 35.5. The molecule has 0 amide bonds. The zero-order valence-corrected chi connectivity index (χ0v) is 10.0. The summed E-state index contributed by atoms with van der Waals surface area (Å²) >= 11 is 4.98. The first-order valence-corrected chi connectivity index (χ1v) is 5.10. The van der Waals surface area contributed by atoms with E-state index in [0.717, 1.165) is 0 Å². The van der Waals surface area contributed by atoms with Gasteiger partial charge in [0.15, 0.2) is 0 Å². The molecule has 1 heterocycles. The maximum Gasteiger partial charge on any atom is 0.574 e. The minimum atomic E-state index is -5.41. The zero-order chi connectivity index (χ0) is 15.7. The number of pyridine rings is 1. The van der Waals surface area contributed by atoms with Crippen LogP contribution in [0.15, 0.2) is 6.20 Å². The number of carbonyl (C=O) groups excluding carboxylic acids is 1. The number of halogens is 7. The molecule has 0 saturated heterocycles. The molecule has 1 aromatic heterocycles. The van der Waals surface area contributed by atoms with Crippen molar-refractivity contribution in [2.75, 3.05) is 0 Å². The van der Waals surface area contributed by atoms with Gasteiger partial charge < -0.3 is 10.5 Å². The third kappa shape index (κ3) is 3.73. The van der Waals surface area contributed by atoms with E-state index < -0.39 is 46.9 Å². The second-order valence-electron chi connectivity index (χ2n) is 3.36. The monoisotopic (exact) mass is 322 g/mol. The van der Waals surface area contributed by atoms with E-state index in [9.17, 15) is 31.1 Å². The lowest BCUT2D eigenvalue weighted by Crippen LogP contribution is -2.24. The van der Waals surface area contributed by atoms with E-state index in [1.165, 1.54) is 0 Å². The molecule has 0 atom stereocenters. The van der Waals surface area contributed by atoms with Crippen molar-refractivity contribution in [3.8, 4) is 5.88 Å². The molecule has 0 fully saturated rings. The standard InChI is InChI=1S/C9H5ClF6N2O2/c10-6(19)4-3(1-17)2-18-7(20-9(14,15)16)5(4)8(11,12)13/h2H,1,17H2. The minimum absolute atomic E-state index is 0.452. The summed E-state index contributed by atoms with van der Waals surface area (Å²) < 4.78 is 77.8. The first-order chi connectivity index (χ1) is 8.97. The lowest BCUT2D eigenvalue weighted by Gasteiger charge is -2.18. The van der Waals surface area contributed by atoms with Gasteiger partial charge in [0.25, 0.3) is 5.24 Å². The van der Waals surface area contributed by atoms with Crippen LogP contribution in [-0.2, 0) is 12.7 Å². The Balaban J connectivity index is 3.62. The van der Waals surface area contributed by atoms with E-state index in [2.05, 4.69) is 9.72 Å². The van der Waals surface area contributed by atoms with Crippen LogP contribution >= 0.6 is 11.6 Å². The van der Waals surface area contributed by atoms with Crippen LogP contribution < -0.4 is 10.5 Å². The van der Waals surface area contributed by atoms with E-state index in [0.29, 0.717) is 6.20 Å². The van der Waals surface area contributed by atoms with E-state index in [1.807, 2.05) is 0 Å². The van der Waals surface area contributed by atoms with Crippen molar-refractivity contribution in [2.24, 2.45) is 5.73 Å². The summed E-state index contributed by atoms with van der Waals surface area (Å²) in [6, 6.07) is 0. The van der Waals surface area contributed by atoms with Gasteiger partial charge in [0.05, 0.1) is 5.56 Å². The predicted molar refractivity (Wildman–Crippen MR) is 54.0 cm³/mol. The van der Waals surface area contributed by atoms with Crippen LogP contribution in [0.5, 0.6) is 5.88 Å². The zero-order valence-electron chi connectivity index (χ0n) is 9.27. The Hall–Kier alpha value is -1.55. The molecule has 0 aromatic carbocycles. The summed E-state index contributed by atoms with van der Waals surface area (Å²) in [4.78, 5) is 13.9. The molecule has 2 N–H and O–H groups in total. The average molecular weight is 323 g/mol. The van der Waals surface area contributed by atoms with E-state index >= 15 is 0 Å². The van der Waals surface area contributed by atoms with Gasteiger partial charge in [-0.25, -0.2) is 4.98 Å². The second-order valence-corrected chi connectivity index (χ2v) is 3.71. The van der Waals surface area contributed by atoms with Gasteiger partial charge in [-0.1, -0.05) is 0 Å². The van der Waals surface area contributed by atoms with Gasteiger partial charge in [-0.3, -0.25) is 4.79 Å². The highest BCUT2D eigenvalue weighted by Crippen LogP contribution is 2.41. The van der Waals surface area contributed by atoms with E-state index in [1.54, 1.807) is 0 Å². The summed E-state index contributed by atoms with van der Waals surface area (Å²) in [6.07, 6.45) is -10.2. The van der Waals surface area contributed by atoms with Crippen molar-refractivity contribution in [1.29, 1.82) is 0 Å². The highest BCUT2D eigenvalue weighted by Gasteiger charge is 2.44. The quantitative estimate of drug-likeness (QED) is 0.686. The Kier molecular flexibility index (Phi) is 4.49. The Morgan fingerprint density at radius 1 is 1.30 bits per heavy atom. The van der Waals surface area contributed by atoms with Gasteiger partial charge in [0, 0.05) is 12.7 Å². The van der Waals surface area contributed by atoms with E-state index in [-0.39, 0.29) is 0 Å². The summed E-state index contributed by atoms with van der Waals surface area (Å²) in [5, 5.41) is -1.62. The highest BCUT2D eigenvalue weighted by molar-refractivity contribution is 6.68. The number of rotatable bonds is 3. The Morgan fingerprint density at radius 2 is 1.85 bits per heavy atom. The van der Waals surface area contributed by atoms with Gasteiger partial charge in [-0.15, -0.1) is 13.2 Å². The molecule has 0 aliphatic carbocycles. The average Bonchev–Trinajstić information content (AvgIpc) is 2.24. The molecular weight excluding hydrogens is 318 g/mol. The number of alkyl halides is 6. The molecule has 1 rings (SSSR count). The predicted octanol–water partition coefficient (Wildman–Crippen LogP) is 2.84. The largest absolute Gasteiger partial charge is 0.574 e. The number of nitrogens with zero attached hydrogens (tertiary/aromatic N) is 1. The maximum atomic E-state index is 12.8. The molecule has 1 aromatic rings. The lowest BCUT2D eigenvalue weighted by atomic mass is 10.0. The third-order valence-corrected chi connectivity index (χ3v) is 2.22. The Bertz CT molecular complexity index is 528. The number of nitrogens with two attached hydrogens (primary N) is 1. The van der Waals surface area contributed by atoms with Gasteiger partial charge in [-0.05, 0) is 17.2 Å². The molecule has 0 radical (unpaired) electrons. The van der Waals surface area contributed by atoms with Gasteiger partial charge >= 0.3 is 12.5 Å². The molecular formula is C9H5ClF6N2O2. The minimum Gasteiger partial charge on any atom is -0.387 e. The van der Waals surface area contributed by atoms with Crippen molar-refractivity contribution < 1.29 is 35.9 Å². The Morgan fingerprint density at radius 3 is 2.20 bits per heavy atom. The SMILES string of the molecule is NCc1cnc(OC(F)(F)F)c(C(F)(F)F)c1C(=O)Cl. The topological polar surface area (TPSA) is 65.2 Å². The lowest BCUT2D eigenvalue weighted by molar-refractivity contribution is -0.277. The fraction of sp³-hybridized carbons (Fsp3) is 0.333. The number of hydrogen-bond donors (Lipinski definition) is 1. The fourth-order valence-electron chi connectivity index (χ4n) is 1.36. The van der Waals surface area contributed by atoms with Crippen LogP contribution in [0.4, 0.5) is 26.3 Å². The van der Waals surface area contributed by atoms with E-state index in [4.69, 9.17) is 17.3 Å². The van der Waals surface area contributed by atoms with Gasteiger partial charge in [0.1, 0.15) is 5.56 Å². The van der Waals surface area contributed by atoms with Gasteiger partial charge in [-0.2, -0.15) is 13.2 Å². The molecule has 0 spiro atoms. The maximum absolute atomic E-state index is 12.8. The molecule has 112 valence electrons. The van der Waals surface area contributed by atoms with Crippen LogP contribution in [0.1, 0.15) is 21.5 Å². The van der Waals surface area contributed by atoms with Crippen molar-refractivity contribution in [3.05, 3.63) is 22.9 Å².